The Morgan fingerprint density at radius 1 is 1.35 bits per heavy atom. The van der Waals surface area contributed by atoms with E-state index in [1.165, 1.54) is 12.1 Å². The van der Waals surface area contributed by atoms with Crippen molar-refractivity contribution in [2.45, 2.75) is 45.6 Å². The van der Waals surface area contributed by atoms with Crippen LogP contribution in [0.1, 0.15) is 40.0 Å². The number of nitrogens with zero attached hydrogens (tertiary/aromatic N) is 2. The fourth-order valence-electron chi connectivity index (χ4n) is 2.97. The molecule has 0 saturated carbocycles. The topological polar surface area (TPSA) is 41.6 Å². The SMILES string of the molecule is CCC(C)CC1(CC)CN=C(N)N1c1ccc(F)cc1. The summed E-state index contributed by atoms with van der Waals surface area (Å²) in [5.41, 5.74) is 6.95. The van der Waals surface area contributed by atoms with E-state index in [1.54, 1.807) is 12.1 Å². The number of rotatable bonds is 5. The first-order valence-corrected chi connectivity index (χ1v) is 7.38. The summed E-state index contributed by atoms with van der Waals surface area (Å²) < 4.78 is 13.1. The highest BCUT2D eigenvalue weighted by Crippen LogP contribution is 2.36. The van der Waals surface area contributed by atoms with Crippen LogP contribution in [-0.2, 0) is 0 Å². The molecule has 1 heterocycles. The summed E-state index contributed by atoms with van der Waals surface area (Å²) in [6, 6.07) is 6.52. The summed E-state index contributed by atoms with van der Waals surface area (Å²) in [6.45, 7) is 7.36. The van der Waals surface area contributed by atoms with Gasteiger partial charge in [0.15, 0.2) is 5.96 Å². The number of benzene rings is 1. The third-order valence-electron chi connectivity index (χ3n) is 4.41. The highest BCUT2D eigenvalue weighted by molar-refractivity contribution is 5.98. The molecule has 1 aliphatic rings. The summed E-state index contributed by atoms with van der Waals surface area (Å²) in [7, 11) is 0. The van der Waals surface area contributed by atoms with Crippen LogP contribution in [0.4, 0.5) is 10.1 Å². The lowest BCUT2D eigenvalue weighted by atomic mass is 9.83. The third-order valence-corrected chi connectivity index (χ3v) is 4.41. The van der Waals surface area contributed by atoms with E-state index in [4.69, 9.17) is 5.73 Å². The van der Waals surface area contributed by atoms with E-state index in [-0.39, 0.29) is 11.4 Å². The van der Waals surface area contributed by atoms with Crippen molar-refractivity contribution >= 4 is 11.6 Å². The van der Waals surface area contributed by atoms with Gasteiger partial charge in [-0.25, -0.2) is 4.39 Å². The zero-order chi connectivity index (χ0) is 14.8. The second kappa shape index (κ2) is 5.81. The molecule has 0 radical (unpaired) electrons. The van der Waals surface area contributed by atoms with Crippen molar-refractivity contribution in [3.05, 3.63) is 30.1 Å². The molecule has 2 rings (SSSR count). The van der Waals surface area contributed by atoms with Crippen molar-refractivity contribution in [2.24, 2.45) is 16.6 Å². The van der Waals surface area contributed by atoms with Crippen molar-refractivity contribution in [1.82, 2.24) is 0 Å². The number of aliphatic imine (C=N–C) groups is 1. The fourth-order valence-corrected chi connectivity index (χ4v) is 2.97. The van der Waals surface area contributed by atoms with Crippen molar-refractivity contribution in [3.63, 3.8) is 0 Å². The monoisotopic (exact) mass is 277 g/mol. The first-order valence-electron chi connectivity index (χ1n) is 7.38. The van der Waals surface area contributed by atoms with Crippen molar-refractivity contribution in [2.75, 3.05) is 11.4 Å². The van der Waals surface area contributed by atoms with Gasteiger partial charge in [0.05, 0.1) is 12.1 Å². The van der Waals surface area contributed by atoms with Crippen LogP contribution in [-0.4, -0.2) is 18.0 Å². The molecule has 0 spiro atoms. The van der Waals surface area contributed by atoms with Gasteiger partial charge in [-0.2, -0.15) is 0 Å². The molecule has 0 bridgehead atoms. The van der Waals surface area contributed by atoms with E-state index in [0.29, 0.717) is 11.9 Å². The Morgan fingerprint density at radius 3 is 2.55 bits per heavy atom. The van der Waals surface area contributed by atoms with Crippen LogP contribution in [0.2, 0.25) is 0 Å². The molecule has 2 atom stereocenters. The lowest BCUT2D eigenvalue weighted by Crippen LogP contribution is -2.52. The van der Waals surface area contributed by atoms with Gasteiger partial charge in [0.1, 0.15) is 5.82 Å². The molecule has 0 fully saturated rings. The quantitative estimate of drug-likeness (QED) is 0.894. The van der Waals surface area contributed by atoms with Gasteiger partial charge in [0.2, 0.25) is 0 Å². The average Bonchev–Trinajstić information content (AvgIpc) is 2.77. The summed E-state index contributed by atoms with van der Waals surface area (Å²) in [6.07, 6.45) is 3.15. The number of halogens is 1. The largest absolute Gasteiger partial charge is 0.369 e. The van der Waals surface area contributed by atoms with Crippen molar-refractivity contribution in [3.8, 4) is 0 Å². The Balaban J connectivity index is 2.34. The van der Waals surface area contributed by atoms with E-state index >= 15 is 0 Å². The predicted octanol–water partition coefficient (Wildman–Crippen LogP) is 3.55. The van der Waals surface area contributed by atoms with Crippen molar-refractivity contribution < 1.29 is 4.39 Å². The second-order valence-electron chi connectivity index (χ2n) is 5.78. The van der Waals surface area contributed by atoms with Crippen LogP contribution in [0.5, 0.6) is 0 Å². The van der Waals surface area contributed by atoms with Crippen LogP contribution in [0.3, 0.4) is 0 Å². The summed E-state index contributed by atoms with van der Waals surface area (Å²) in [4.78, 5) is 6.55. The summed E-state index contributed by atoms with van der Waals surface area (Å²) >= 11 is 0. The summed E-state index contributed by atoms with van der Waals surface area (Å²) in [5.74, 6) is 0.924. The Bertz CT molecular complexity index is 483. The van der Waals surface area contributed by atoms with Gasteiger partial charge >= 0.3 is 0 Å². The molecule has 20 heavy (non-hydrogen) atoms. The zero-order valence-corrected chi connectivity index (χ0v) is 12.6. The molecular weight excluding hydrogens is 253 g/mol. The Morgan fingerprint density at radius 2 is 2.00 bits per heavy atom. The van der Waals surface area contributed by atoms with E-state index in [0.717, 1.165) is 31.5 Å². The Labute approximate surface area is 120 Å². The maximum Gasteiger partial charge on any atom is 0.196 e. The minimum Gasteiger partial charge on any atom is -0.369 e. The van der Waals surface area contributed by atoms with E-state index in [2.05, 4.69) is 30.7 Å². The molecule has 4 heteroatoms. The van der Waals surface area contributed by atoms with Gasteiger partial charge in [0, 0.05) is 5.69 Å². The zero-order valence-electron chi connectivity index (χ0n) is 12.6. The van der Waals surface area contributed by atoms with E-state index in [1.807, 2.05) is 0 Å². The highest BCUT2D eigenvalue weighted by Gasteiger charge is 2.42. The first-order chi connectivity index (χ1) is 9.52. The van der Waals surface area contributed by atoms with Crippen LogP contribution in [0.25, 0.3) is 0 Å². The number of nitrogens with two attached hydrogens (primary N) is 1. The molecular formula is C16H24FN3. The van der Waals surface area contributed by atoms with Gasteiger partial charge in [-0.1, -0.05) is 27.2 Å². The Hall–Kier alpha value is -1.58. The molecule has 1 aliphatic heterocycles. The molecule has 110 valence electrons. The molecule has 0 amide bonds. The lowest BCUT2D eigenvalue weighted by molar-refractivity contribution is 0.333. The van der Waals surface area contributed by atoms with Gasteiger partial charge in [-0.15, -0.1) is 0 Å². The van der Waals surface area contributed by atoms with Gasteiger partial charge in [-0.05, 0) is 43.0 Å². The van der Waals surface area contributed by atoms with Crippen LogP contribution >= 0.6 is 0 Å². The maximum atomic E-state index is 13.1. The molecule has 1 aromatic carbocycles. The smallest absolute Gasteiger partial charge is 0.196 e. The fraction of sp³-hybridized carbons (Fsp3) is 0.562. The molecule has 0 aliphatic carbocycles. The average molecular weight is 277 g/mol. The van der Waals surface area contributed by atoms with Gasteiger partial charge in [-0.3, -0.25) is 4.99 Å². The van der Waals surface area contributed by atoms with Gasteiger partial charge in [0.25, 0.3) is 0 Å². The first kappa shape index (κ1) is 14.8. The number of hydrogen-bond donors (Lipinski definition) is 1. The van der Waals surface area contributed by atoms with Crippen LogP contribution in [0, 0.1) is 11.7 Å². The summed E-state index contributed by atoms with van der Waals surface area (Å²) in [5, 5.41) is 0. The molecule has 2 N–H and O–H groups in total. The standard InChI is InChI=1S/C16H24FN3/c1-4-12(3)10-16(5-2)11-19-15(18)20(16)14-8-6-13(17)7-9-14/h6-9,12H,4-5,10-11H2,1-3H3,(H2,18,19). The number of anilines is 1. The molecule has 2 unspecified atom stereocenters. The molecule has 0 aromatic heterocycles. The van der Waals surface area contributed by atoms with Crippen molar-refractivity contribution in [1.29, 1.82) is 0 Å². The minimum absolute atomic E-state index is 0.0721. The molecule has 1 aromatic rings. The molecule has 0 saturated heterocycles. The second-order valence-corrected chi connectivity index (χ2v) is 5.78. The normalized spacial score (nSPS) is 23.8. The van der Waals surface area contributed by atoms with Crippen LogP contribution in [0.15, 0.2) is 29.3 Å². The number of hydrogen-bond acceptors (Lipinski definition) is 3. The highest BCUT2D eigenvalue weighted by atomic mass is 19.1. The predicted molar refractivity (Wildman–Crippen MR) is 82.5 cm³/mol. The molecule has 3 nitrogen and oxygen atoms in total. The van der Waals surface area contributed by atoms with Crippen LogP contribution < -0.4 is 10.6 Å². The lowest BCUT2D eigenvalue weighted by Gasteiger charge is -2.40. The van der Waals surface area contributed by atoms with E-state index < -0.39 is 0 Å². The number of guanidine groups is 1. The third kappa shape index (κ3) is 2.65. The Kier molecular flexibility index (Phi) is 4.31. The van der Waals surface area contributed by atoms with Gasteiger partial charge < -0.3 is 10.6 Å². The minimum atomic E-state index is -0.229. The van der Waals surface area contributed by atoms with E-state index in [9.17, 15) is 4.39 Å². The maximum absolute atomic E-state index is 13.1.